The summed E-state index contributed by atoms with van der Waals surface area (Å²) >= 11 is 6.13. The summed E-state index contributed by atoms with van der Waals surface area (Å²) in [4.78, 5) is 24.9. The number of anilines is 2. The van der Waals surface area contributed by atoms with Crippen molar-refractivity contribution in [1.82, 2.24) is 5.01 Å². The Bertz CT molecular complexity index is 1210. The Kier molecular flexibility index (Phi) is 7.13. The number of methoxy groups -OCH3 is 1. The van der Waals surface area contributed by atoms with Gasteiger partial charge in [-0.25, -0.2) is 5.01 Å². The van der Waals surface area contributed by atoms with E-state index in [0.717, 1.165) is 22.6 Å². The fourth-order valence-corrected chi connectivity index (χ4v) is 4.02. The van der Waals surface area contributed by atoms with E-state index >= 15 is 0 Å². The summed E-state index contributed by atoms with van der Waals surface area (Å²) in [7, 11) is 1.62. The molecule has 0 spiro atoms. The van der Waals surface area contributed by atoms with Gasteiger partial charge < -0.3 is 15.4 Å². The predicted molar refractivity (Wildman–Crippen MR) is 134 cm³/mol. The molecule has 2 amide bonds. The van der Waals surface area contributed by atoms with Crippen molar-refractivity contribution < 1.29 is 14.3 Å². The minimum Gasteiger partial charge on any atom is -0.497 e. The summed E-state index contributed by atoms with van der Waals surface area (Å²) < 4.78 is 5.27. The molecule has 1 aliphatic rings. The third-order valence-corrected chi connectivity index (χ3v) is 5.73. The minimum atomic E-state index is -0.246. The Hall–Kier alpha value is -3.84. The monoisotopic (exact) mass is 476 g/mol. The van der Waals surface area contributed by atoms with E-state index in [9.17, 15) is 9.59 Å². The number of amides is 2. The standard InChI is InChI=1S/C26H25ClN4O3/c1-17(32)29-22-13-10-20(27)14-24(22)28-16-26(33)31-25(19-8-11-21(34-2)12-9-19)15-23(30-31)18-6-4-3-5-7-18/h3-14,25,28H,15-16H2,1-2H3,(H,29,32). The molecule has 174 valence electrons. The zero-order valence-corrected chi connectivity index (χ0v) is 19.7. The van der Waals surface area contributed by atoms with Crippen molar-refractivity contribution in [3.8, 4) is 5.75 Å². The SMILES string of the molecule is COc1ccc(C2CC(c3ccccc3)=NN2C(=O)CNc2cc(Cl)ccc2NC(C)=O)cc1. The van der Waals surface area contributed by atoms with Crippen molar-refractivity contribution in [2.24, 2.45) is 5.10 Å². The molecule has 0 saturated heterocycles. The van der Waals surface area contributed by atoms with Crippen LogP contribution in [0.2, 0.25) is 5.02 Å². The van der Waals surface area contributed by atoms with Crippen LogP contribution in [0.25, 0.3) is 0 Å². The van der Waals surface area contributed by atoms with Crippen LogP contribution in [0.1, 0.15) is 30.5 Å². The van der Waals surface area contributed by atoms with Crippen LogP contribution in [0.15, 0.2) is 77.9 Å². The van der Waals surface area contributed by atoms with E-state index < -0.39 is 0 Å². The highest BCUT2D eigenvalue weighted by molar-refractivity contribution is 6.31. The number of hydrazone groups is 1. The molecule has 0 fully saturated rings. The topological polar surface area (TPSA) is 83.0 Å². The Morgan fingerprint density at radius 2 is 1.79 bits per heavy atom. The van der Waals surface area contributed by atoms with Gasteiger partial charge in [0.25, 0.3) is 5.91 Å². The van der Waals surface area contributed by atoms with Crippen LogP contribution in [0.5, 0.6) is 5.75 Å². The van der Waals surface area contributed by atoms with Gasteiger partial charge in [0.2, 0.25) is 5.91 Å². The third kappa shape index (κ3) is 5.38. The van der Waals surface area contributed by atoms with Crippen molar-refractivity contribution in [1.29, 1.82) is 0 Å². The lowest BCUT2D eigenvalue weighted by Crippen LogP contribution is -2.32. The first kappa shape index (κ1) is 23.3. The highest BCUT2D eigenvalue weighted by Crippen LogP contribution is 2.34. The fourth-order valence-electron chi connectivity index (χ4n) is 3.84. The summed E-state index contributed by atoms with van der Waals surface area (Å²) in [5.41, 5.74) is 3.89. The van der Waals surface area contributed by atoms with Crippen molar-refractivity contribution in [2.75, 3.05) is 24.3 Å². The number of halogens is 1. The predicted octanol–water partition coefficient (Wildman–Crippen LogP) is 5.10. The molecule has 2 N–H and O–H groups in total. The summed E-state index contributed by atoms with van der Waals surface area (Å²) in [6.07, 6.45) is 0.594. The number of nitrogens with zero attached hydrogens (tertiary/aromatic N) is 2. The van der Waals surface area contributed by atoms with Gasteiger partial charge in [-0.05, 0) is 41.5 Å². The van der Waals surface area contributed by atoms with Crippen LogP contribution in [-0.2, 0) is 9.59 Å². The third-order valence-electron chi connectivity index (χ3n) is 5.50. The molecule has 1 unspecified atom stereocenters. The normalized spacial score (nSPS) is 15.0. The van der Waals surface area contributed by atoms with E-state index in [-0.39, 0.29) is 24.4 Å². The first-order valence-corrected chi connectivity index (χ1v) is 11.2. The lowest BCUT2D eigenvalue weighted by atomic mass is 9.98. The van der Waals surface area contributed by atoms with Gasteiger partial charge >= 0.3 is 0 Å². The minimum absolute atomic E-state index is 0.0227. The molecule has 3 aromatic rings. The van der Waals surface area contributed by atoms with E-state index in [1.807, 2.05) is 54.6 Å². The zero-order chi connectivity index (χ0) is 24.1. The lowest BCUT2D eigenvalue weighted by Gasteiger charge is -2.23. The molecular formula is C26H25ClN4O3. The average Bonchev–Trinajstić information content (AvgIpc) is 3.30. The number of hydrogen-bond acceptors (Lipinski definition) is 5. The molecular weight excluding hydrogens is 452 g/mol. The molecule has 4 rings (SSSR count). The Morgan fingerprint density at radius 3 is 2.47 bits per heavy atom. The van der Waals surface area contributed by atoms with E-state index in [2.05, 4.69) is 10.6 Å². The molecule has 0 bridgehead atoms. The Balaban J connectivity index is 1.58. The molecule has 8 heteroatoms. The van der Waals surface area contributed by atoms with Gasteiger partial charge in [0.15, 0.2) is 0 Å². The highest BCUT2D eigenvalue weighted by atomic mass is 35.5. The number of hydrogen-bond donors (Lipinski definition) is 2. The van der Waals surface area contributed by atoms with Gasteiger partial charge in [0.1, 0.15) is 5.75 Å². The number of carbonyl (C=O) groups excluding carboxylic acids is 2. The van der Waals surface area contributed by atoms with Gasteiger partial charge in [-0.1, -0.05) is 54.1 Å². The van der Waals surface area contributed by atoms with Crippen molar-refractivity contribution >= 4 is 40.5 Å². The van der Waals surface area contributed by atoms with E-state index in [1.54, 1.807) is 25.3 Å². The van der Waals surface area contributed by atoms with Crippen LogP contribution in [0, 0.1) is 0 Å². The summed E-state index contributed by atoms with van der Waals surface area (Å²) in [6.45, 7) is 1.40. The first-order valence-electron chi connectivity index (χ1n) is 10.8. The van der Waals surface area contributed by atoms with Gasteiger partial charge in [-0.15, -0.1) is 0 Å². The zero-order valence-electron chi connectivity index (χ0n) is 18.9. The maximum atomic E-state index is 13.3. The number of benzene rings is 3. The van der Waals surface area contributed by atoms with Crippen molar-refractivity contribution in [2.45, 2.75) is 19.4 Å². The number of rotatable bonds is 7. The number of carbonyl (C=O) groups is 2. The second-order valence-corrected chi connectivity index (χ2v) is 8.31. The molecule has 1 heterocycles. The molecule has 0 aromatic heterocycles. The summed E-state index contributed by atoms with van der Waals surface area (Å²) in [6, 6.07) is 22.3. The largest absolute Gasteiger partial charge is 0.497 e. The molecule has 34 heavy (non-hydrogen) atoms. The molecule has 0 aliphatic carbocycles. The smallest absolute Gasteiger partial charge is 0.262 e. The fraction of sp³-hybridized carbons (Fsp3) is 0.192. The van der Waals surface area contributed by atoms with E-state index in [1.165, 1.54) is 11.9 Å². The van der Waals surface area contributed by atoms with Gasteiger partial charge in [0.05, 0.1) is 36.8 Å². The van der Waals surface area contributed by atoms with Gasteiger partial charge in [0, 0.05) is 18.4 Å². The average molecular weight is 477 g/mol. The second kappa shape index (κ2) is 10.4. The molecule has 3 aromatic carbocycles. The van der Waals surface area contributed by atoms with Gasteiger partial charge in [-0.3, -0.25) is 9.59 Å². The van der Waals surface area contributed by atoms with Crippen LogP contribution in [-0.4, -0.2) is 36.2 Å². The molecule has 1 aliphatic heterocycles. The molecule has 0 saturated carbocycles. The van der Waals surface area contributed by atoms with Crippen molar-refractivity contribution in [3.05, 3.63) is 88.9 Å². The van der Waals surface area contributed by atoms with Gasteiger partial charge in [-0.2, -0.15) is 5.10 Å². The molecule has 7 nitrogen and oxygen atoms in total. The summed E-state index contributed by atoms with van der Waals surface area (Å²) in [5, 5.41) is 12.6. The maximum Gasteiger partial charge on any atom is 0.262 e. The number of ether oxygens (including phenoxy) is 1. The van der Waals surface area contributed by atoms with Crippen LogP contribution < -0.4 is 15.4 Å². The second-order valence-electron chi connectivity index (χ2n) is 7.87. The van der Waals surface area contributed by atoms with Crippen LogP contribution in [0.3, 0.4) is 0 Å². The summed E-state index contributed by atoms with van der Waals surface area (Å²) in [5.74, 6) is 0.324. The quantitative estimate of drug-likeness (QED) is 0.497. The number of nitrogens with one attached hydrogen (secondary N) is 2. The van der Waals surface area contributed by atoms with Crippen molar-refractivity contribution in [3.63, 3.8) is 0 Å². The highest BCUT2D eigenvalue weighted by Gasteiger charge is 2.33. The Morgan fingerprint density at radius 1 is 1.06 bits per heavy atom. The molecule has 1 atom stereocenters. The Labute approximate surface area is 203 Å². The van der Waals surface area contributed by atoms with Crippen LogP contribution in [0.4, 0.5) is 11.4 Å². The maximum absolute atomic E-state index is 13.3. The van der Waals surface area contributed by atoms with E-state index in [0.29, 0.717) is 22.8 Å². The lowest BCUT2D eigenvalue weighted by molar-refractivity contribution is -0.131. The molecule has 0 radical (unpaired) electrons. The van der Waals surface area contributed by atoms with E-state index in [4.69, 9.17) is 21.4 Å². The first-order chi connectivity index (χ1) is 16.4. The van der Waals surface area contributed by atoms with Crippen LogP contribution >= 0.6 is 11.6 Å².